The first-order chi connectivity index (χ1) is 33.6. The molecule has 9 heterocycles. The Kier molecular flexibility index (Phi) is 11.2. The number of carbonyl (C=O) groups excluding carboxylic acids is 5. The number of benzene rings is 1. The first kappa shape index (κ1) is 45.3. The van der Waals surface area contributed by atoms with E-state index in [0.29, 0.717) is 64.3 Å². The van der Waals surface area contributed by atoms with Crippen molar-refractivity contribution in [3.8, 4) is 11.1 Å². The van der Waals surface area contributed by atoms with Crippen LogP contribution in [0.15, 0.2) is 71.9 Å². The van der Waals surface area contributed by atoms with Gasteiger partial charge in [0.15, 0.2) is 0 Å². The number of carbonyl (C=O) groups is 5. The summed E-state index contributed by atoms with van der Waals surface area (Å²) in [5, 5.41) is 16.3. The first-order valence-corrected chi connectivity index (χ1v) is 24.3. The molecule has 362 valence electrons. The average molecular weight is 948 g/mol. The van der Waals surface area contributed by atoms with Crippen LogP contribution in [0.4, 0.5) is 28.7 Å². The van der Waals surface area contributed by atoms with Crippen molar-refractivity contribution in [1.82, 2.24) is 34.2 Å². The number of aliphatic hydroxyl groups excluding tert-OH is 1. The van der Waals surface area contributed by atoms with Crippen LogP contribution in [0.2, 0.25) is 0 Å². The van der Waals surface area contributed by atoms with E-state index in [1.807, 2.05) is 30.5 Å². The van der Waals surface area contributed by atoms with Crippen LogP contribution in [0.1, 0.15) is 88.1 Å². The maximum atomic E-state index is 14.0. The summed E-state index contributed by atoms with van der Waals surface area (Å²) in [5.41, 5.74) is 7.66. The molecule has 5 amide bonds. The lowest BCUT2D eigenvalue weighted by Gasteiger charge is -2.42. The van der Waals surface area contributed by atoms with Gasteiger partial charge in [-0.15, -0.1) is 0 Å². The minimum Gasteiger partial charge on any atom is -0.392 e. The van der Waals surface area contributed by atoms with Crippen molar-refractivity contribution >= 4 is 58.2 Å². The molecule has 1 aliphatic carbocycles. The quantitative estimate of drug-likeness (QED) is 0.169. The zero-order valence-corrected chi connectivity index (χ0v) is 39.9. The number of fused-ring (bicyclic) bond motifs is 4. The first-order valence-electron chi connectivity index (χ1n) is 24.3. The molecule has 0 saturated carbocycles. The molecule has 11 rings (SSSR count). The zero-order chi connectivity index (χ0) is 48.7. The van der Waals surface area contributed by atoms with E-state index in [0.717, 1.165) is 74.8 Å². The molecule has 0 bridgehead atoms. The number of hydrogen-bond donors (Lipinski definition) is 3. The average Bonchev–Trinajstić information content (AvgIpc) is 4.08. The Hall–Kier alpha value is -7.18. The molecule has 4 aromatic heterocycles. The van der Waals surface area contributed by atoms with Crippen molar-refractivity contribution in [2.24, 2.45) is 18.4 Å². The molecular weight excluding hydrogens is 891 g/mol. The number of aromatic nitrogens is 4. The zero-order valence-electron chi connectivity index (χ0n) is 39.9. The molecule has 18 nitrogen and oxygen atoms in total. The van der Waals surface area contributed by atoms with Crippen LogP contribution in [-0.4, -0.2) is 121 Å². The fourth-order valence-corrected chi connectivity index (χ4v) is 11.8. The van der Waals surface area contributed by atoms with Gasteiger partial charge in [-0.05, 0) is 104 Å². The second-order valence-corrected chi connectivity index (χ2v) is 20.6. The van der Waals surface area contributed by atoms with Gasteiger partial charge in [-0.25, -0.2) is 9.97 Å². The van der Waals surface area contributed by atoms with Crippen LogP contribution in [0.5, 0.6) is 0 Å². The topological polar surface area (TPSA) is 199 Å². The lowest BCUT2D eigenvalue weighted by molar-refractivity contribution is -0.136. The summed E-state index contributed by atoms with van der Waals surface area (Å²) in [6, 6.07) is 14.0. The number of anilines is 5. The summed E-state index contributed by atoms with van der Waals surface area (Å²) in [6.07, 6.45) is 8.27. The molecule has 0 radical (unpaired) electrons. The number of amides is 5. The van der Waals surface area contributed by atoms with Crippen LogP contribution in [-0.2, 0) is 42.6 Å². The van der Waals surface area contributed by atoms with Gasteiger partial charge >= 0.3 is 0 Å². The Morgan fingerprint density at radius 1 is 0.829 bits per heavy atom. The smallest absolute Gasteiger partial charge is 0.276 e. The van der Waals surface area contributed by atoms with Crippen molar-refractivity contribution in [3.63, 3.8) is 0 Å². The lowest BCUT2D eigenvalue weighted by atomic mass is 9.90. The predicted octanol–water partition coefficient (Wildman–Crippen LogP) is 4.10. The van der Waals surface area contributed by atoms with Crippen LogP contribution in [0, 0.1) is 11.3 Å². The lowest BCUT2D eigenvalue weighted by Crippen LogP contribution is -2.54. The molecule has 18 heteroatoms. The van der Waals surface area contributed by atoms with Crippen LogP contribution in [0.3, 0.4) is 0 Å². The molecule has 5 aliphatic heterocycles. The summed E-state index contributed by atoms with van der Waals surface area (Å²) in [4.78, 5) is 97.6. The van der Waals surface area contributed by atoms with Gasteiger partial charge in [-0.3, -0.25) is 48.8 Å². The Bertz CT molecular complexity index is 3070. The van der Waals surface area contributed by atoms with Crippen molar-refractivity contribution < 1.29 is 29.1 Å². The molecule has 1 unspecified atom stereocenters. The highest BCUT2D eigenvalue weighted by molar-refractivity contribution is 6.23. The second kappa shape index (κ2) is 17.3. The van der Waals surface area contributed by atoms with Gasteiger partial charge in [0.05, 0.1) is 29.6 Å². The van der Waals surface area contributed by atoms with E-state index >= 15 is 0 Å². The number of pyridine rings is 3. The molecule has 3 saturated heterocycles. The number of nitrogens with zero attached hydrogens (tertiary/aromatic N) is 9. The highest BCUT2D eigenvalue weighted by Crippen LogP contribution is 2.41. The Balaban J connectivity index is 0.715. The summed E-state index contributed by atoms with van der Waals surface area (Å²) in [6.45, 7) is 12.6. The predicted molar refractivity (Wildman–Crippen MR) is 262 cm³/mol. The second-order valence-electron chi connectivity index (χ2n) is 20.6. The van der Waals surface area contributed by atoms with Crippen molar-refractivity contribution in [3.05, 3.63) is 111 Å². The fraction of sp³-hybridized carbons (Fsp3) is 0.423. The molecular formula is C52H57N11O7. The van der Waals surface area contributed by atoms with Gasteiger partial charge in [-0.2, -0.15) is 0 Å². The van der Waals surface area contributed by atoms with E-state index in [4.69, 9.17) is 4.98 Å². The van der Waals surface area contributed by atoms with E-state index in [1.54, 1.807) is 48.6 Å². The van der Waals surface area contributed by atoms with Crippen molar-refractivity contribution in [2.45, 2.75) is 78.1 Å². The number of hydrogen-bond acceptors (Lipinski definition) is 13. The third-order valence-corrected chi connectivity index (χ3v) is 15.2. The molecule has 6 aliphatic rings. The number of rotatable bonds is 10. The molecule has 3 N–H and O–H groups in total. The summed E-state index contributed by atoms with van der Waals surface area (Å²) in [7, 11) is 1.68. The SMILES string of the molecule is C[C@H]1CN(C[C@H]2CCN(c3ccc4c(c3)C(=O)N(C3CCC(=O)NC3=O)C4=O)C2)CCN1c1ccc(Nc2cc(-c3ccnc(N4CCn5c(cc6c5CC(C)(C)C6)C4=O)c3CO)cn(C)c2=O)nc1. The minimum absolute atomic E-state index is 0.0784. The Morgan fingerprint density at radius 2 is 1.64 bits per heavy atom. The van der Waals surface area contributed by atoms with Gasteiger partial charge in [0.25, 0.3) is 23.3 Å². The maximum absolute atomic E-state index is 14.0. The molecule has 3 atom stereocenters. The normalized spacial score (nSPS) is 22.2. The number of nitrogens with one attached hydrogen (secondary N) is 2. The van der Waals surface area contributed by atoms with Crippen LogP contribution in [0.25, 0.3) is 11.1 Å². The number of aliphatic hydroxyl groups is 1. The van der Waals surface area contributed by atoms with Crippen molar-refractivity contribution in [2.75, 3.05) is 65.8 Å². The van der Waals surface area contributed by atoms with E-state index < -0.39 is 29.7 Å². The molecule has 70 heavy (non-hydrogen) atoms. The Labute approximate surface area is 404 Å². The van der Waals surface area contributed by atoms with Gasteiger partial charge < -0.3 is 29.4 Å². The molecule has 1 aromatic carbocycles. The van der Waals surface area contributed by atoms with E-state index in [-0.39, 0.29) is 47.9 Å². The third kappa shape index (κ3) is 7.92. The van der Waals surface area contributed by atoms with Crippen molar-refractivity contribution in [1.29, 1.82) is 0 Å². The summed E-state index contributed by atoms with van der Waals surface area (Å²) >= 11 is 0. The molecule has 3 fully saturated rings. The van der Waals surface area contributed by atoms with Gasteiger partial charge in [0.1, 0.15) is 29.1 Å². The van der Waals surface area contributed by atoms with E-state index in [2.05, 4.69) is 55.7 Å². The molecule has 5 aromatic rings. The van der Waals surface area contributed by atoms with Crippen LogP contribution >= 0.6 is 0 Å². The monoisotopic (exact) mass is 947 g/mol. The number of piperazine rings is 1. The van der Waals surface area contributed by atoms with Gasteiger partial charge in [-0.1, -0.05) is 13.8 Å². The maximum Gasteiger partial charge on any atom is 0.276 e. The standard InChI is InChI=1S/C52H57N11O7/c1-30-25-58(26-31-12-14-59(27-31)34-5-7-37-38(21-34)49(68)63(48(37)67)41-8-10-45(65)56-47(41)66)15-16-60(30)35-6-9-44(54-24-35)55-40-19-33(28-57(4)50(40)69)36-11-13-53-46(39(36)29-64)62-18-17-61-42(51(62)70)20-32-22-52(2,3)23-43(32)61/h5-7,9,11,13,19-21,24,28,30-31,41,64H,8,10,12,14-18,22-23,25-27,29H2,1-4H3,(H,54,55)(H,56,65,66)/t30-,31+,41?/m0/s1. The number of piperidine rings is 1. The van der Waals surface area contributed by atoms with E-state index in [1.165, 1.54) is 15.8 Å². The van der Waals surface area contributed by atoms with Crippen LogP contribution < -0.4 is 30.9 Å². The Morgan fingerprint density at radius 3 is 2.41 bits per heavy atom. The summed E-state index contributed by atoms with van der Waals surface area (Å²) in [5.74, 6) is -0.820. The van der Waals surface area contributed by atoms with Gasteiger partial charge in [0.2, 0.25) is 11.8 Å². The highest BCUT2D eigenvalue weighted by Gasteiger charge is 2.45. The van der Waals surface area contributed by atoms with E-state index in [9.17, 15) is 33.9 Å². The third-order valence-electron chi connectivity index (χ3n) is 15.2. The minimum atomic E-state index is -0.992. The largest absolute Gasteiger partial charge is 0.392 e. The van der Waals surface area contributed by atoms with Gasteiger partial charge in [0, 0.05) is 107 Å². The number of aryl methyl sites for hydroxylation is 1. The fourth-order valence-electron chi connectivity index (χ4n) is 11.8. The summed E-state index contributed by atoms with van der Waals surface area (Å²) < 4.78 is 3.66. The highest BCUT2D eigenvalue weighted by atomic mass is 16.3. The molecule has 0 spiro atoms. The number of imide groups is 2.